The fraction of sp³-hybridized carbons (Fsp3) is 0.500. The smallest absolute Gasteiger partial charge is 0.341 e. The van der Waals surface area contributed by atoms with Crippen molar-refractivity contribution in [1.82, 2.24) is 4.31 Å². The highest BCUT2D eigenvalue weighted by Gasteiger charge is 2.34. The number of nitrogens with one attached hydrogen (secondary N) is 1. The summed E-state index contributed by atoms with van der Waals surface area (Å²) in [6.45, 7) is 0.529. The third kappa shape index (κ3) is 4.54. The molecule has 1 aliphatic heterocycles. The van der Waals surface area contributed by atoms with Crippen LogP contribution in [0.2, 0.25) is 4.34 Å². The lowest BCUT2D eigenvalue weighted by atomic mass is 9.95. The minimum atomic E-state index is -3.60. The van der Waals surface area contributed by atoms with E-state index in [0.717, 1.165) is 47.5 Å². The summed E-state index contributed by atoms with van der Waals surface area (Å²) < 4.78 is 32.5. The first kappa shape index (κ1) is 22.7. The number of hydrogen-bond donors (Lipinski definition) is 1. The van der Waals surface area contributed by atoms with Gasteiger partial charge in [-0.05, 0) is 56.2 Å². The number of ether oxygens (including phenoxy) is 1. The maximum Gasteiger partial charge on any atom is 0.341 e. The fourth-order valence-corrected chi connectivity index (χ4v) is 8.49. The van der Waals surface area contributed by atoms with Crippen molar-refractivity contribution < 1.29 is 22.7 Å². The minimum Gasteiger partial charge on any atom is -0.465 e. The zero-order chi connectivity index (χ0) is 22.2. The average molecular weight is 503 g/mol. The van der Waals surface area contributed by atoms with Gasteiger partial charge >= 0.3 is 5.97 Å². The number of halogens is 1. The van der Waals surface area contributed by atoms with Crippen LogP contribution in [0, 0.1) is 5.92 Å². The Bertz CT molecular complexity index is 1100. The Morgan fingerprint density at radius 2 is 1.87 bits per heavy atom. The van der Waals surface area contributed by atoms with E-state index in [1.54, 1.807) is 6.07 Å². The summed E-state index contributed by atoms with van der Waals surface area (Å²) in [7, 11) is -2.25. The number of amides is 1. The van der Waals surface area contributed by atoms with Gasteiger partial charge in [-0.3, -0.25) is 4.79 Å². The second-order valence-electron chi connectivity index (χ2n) is 7.63. The van der Waals surface area contributed by atoms with Gasteiger partial charge in [0.25, 0.3) is 10.0 Å². The van der Waals surface area contributed by atoms with Crippen molar-refractivity contribution >= 4 is 61.2 Å². The summed E-state index contributed by atoms with van der Waals surface area (Å²) in [5.74, 6) is -0.923. The number of thiophene rings is 2. The van der Waals surface area contributed by atoms with Crippen LogP contribution in [0.25, 0.3) is 0 Å². The molecule has 1 N–H and O–H groups in total. The Kier molecular flexibility index (Phi) is 6.73. The summed E-state index contributed by atoms with van der Waals surface area (Å²) in [6, 6.07) is 3.08. The molecule has 168 valence electrons. The number of esters is 1. The van der Waals surface area contributed by atoms with Crippen molar-refractivity contribution in [3.63, 3.8) is 0 Å². The average Bonchev–Trinajstić information content (AvgIpc) is 3.37. The normalized spacial score (nSPS) is 17.9. The molecule has 1 aliphatic carbocycles. The van der Waals surface area contributed by atoms with E-state index in [1.807, 2.05) is 0 Å². The molecule has 0 saturated carbocycles. The Hall–Kier alpha value is -1.46. The second-order valence-corrected chi connectivity index (χ2v) is 12.6. The van der Waals surface area contributed by atoms with Gasteiger partial charge in [-0.25, -0.2) is 13.2 Å². The number of hydrogen-bond acceptors (Lipinski definition) is 7. The molecule has 0 spiro atoms. The Morgan fingerprint density at radius 3 is 2.52 bits per heavy atom. The van der Waals surface area contributed by atoms with Crippen molar-refractivity contribution in [2.75, 3.05) is 25.5 Å². The van der Waals surface area contributed by atoms with Gasteiger partial charge in [0.1, 0.15) is 9.21 Å². The van der Waals surface area contributed by atoms with Crippen LogP contribution in [0.15, 0.2) is 16.3 Å². The van der Waals surface area contributed by atoms with E-state index in [4.69, 9.17) is 16.3 Å². The molecule has 3 heterocycles. The first-order valence-electron chi connectivity index (χ1n) is 10.1. The van der Waals surface area contributed by atoms with Crippen LogP contribution >= 0.6 is 34.3 Å². The van der Waals surface area contributed by atoms with Gasteiger partial charge in [0.2, 0.25) is 5.91 Å². The minimum absolute atomic E-state index is 0.181. The van der Waals surface area contributed by atoms with Crippen molar-refractivity contribution in [3.05, 3.63) is 32.5 Å². The van der Waals surface area contributed by atoms with E-state index in [2.05, 4.69) is 5.32 Å². The van der Waals surface area contributed by atoms with Gasteiger partial charge in [-0.15, -0.1) is 22.7 Å². The first-order valence-corrected chi connectivity index (χ1v) is 13.6. The lowest BCUT2D eigenvalue weighted by molar-refractivity contribution is -0.120. The van der Waals surface area contributed by atoms with E-state index >= 15 is 0 Å². The molecule has 2 aromatic rings. The molecule has 31 heavy (non-hydrogen) atoms. The molecule has 0 radical (unpaired) electrons. The second kappa shape index (κ2) is 9.19. The quantitative estimate of drug-likeness (QED) is 0.619. The lowest BCUT2D eigenvalue weighted by Gasteiger charge is -2.30. The van der Waals surface area contributed by atoms with Gasteiger partial charge in [0, 0.05) is 23.9 Å². The van der Waals surface area contributed by atoms with Gasteiger partial charge in [0.05, 0.1) is 17.0 Å². The van der Waals surface area contributed by atoms with Gasteiger partial charge < -0.3 is 10.1 Å². The molecule has 1 saturated heterocycles. The summed E-state index contributed by atoms with van der Waals surface area (Å²) in [5, 5.41) is 3.48. The molecule has 0 bridgehead atoms. The van der Waals surface area contributed by atoms with E-state index in [9.17, 15) is 18.0 Å². The van der Waals surface area contributed by atoms with Crippen LogP contribution in [-0.2, 0) is 32.4 Å². The van der Waals surface area contributed by atoms with Crippen molar-refractivity contribution in [3.8, 4) is 0 Å². The number of sulfonamides is 1. The highest BCUT2D eigenvalue weighted by molar-refractivity contribution is 7.91. The number of piperidine rings is 1. The largest absolute Gasteiger partial charge is 0.465 e. The summed E-state index contributed by atoms with van der Waals surface area (Å²) in [6.07, 6.45) is 4.65. The van der Waals surface area contributed by atoms with Crippen LogP contribution in [0.3, 0.4) is 0 Å². The predicted molar refractivity (Wildman–Crippen MR) is 122 cm³/mol. The Balaban J connectivity index is 1.44. The van der Waals surface area contributed by atoms with Crippen LogP contribution in [-0.4, -0.2) is 44.8 Å². The number of aryl methyl sites for hydroxylation is 1. The zero-order valence-electron chi connectivity index (χ0n) is 17.0. The van der Waals surface area contributed by atoms with Gasteiger partial charge in [0.15, 0.2) is 0 Å². The number of anilines is 1. The topological polar surface area (TPSA) is 92.8 Å². The Morgan fingerprint density at radius 1 is 1.16 bits per heavy atom. The van der Waals surface area contributed by atoms with E-state index in [1.165, 1.54) is 28.8 Å². The maximum atomic E-state index is 12.9. The Labute approximate surface area is 194 Å². The molecule has 4 rings (SSSR count). The number of carbonyl (C=O) groups is 2. The number of rotatable bonds is 5. The first-order chi connectivity index (χ1) is 14.8. The van der Waals surface area contributed by atoms with Gasteiger partial charge in [-0.2, -0.15) is 4.31 Å². The monoisotopic (exact) mass is 502 g/mol. The third-order valence-electron chi connectivity index (χ3n) is 5.76. The molecule has 2 aromatic heterocycles. The number of carbonyl (C=O) groups excluding carboxylic acids is 2. The SMILES string of the molecule is COC(=O)c1c(NC(=O)C2CCN(S(=O)(=O)c3ccc(Cl)s3)CC2)sc2c1CCCC2. The molecule has 2 aliphatic rings. The van der Waals surface area contributed by atoms with Crippen molar-refractivity contribution in [1.29, 1.82) is 0 Å². The summed E-state index contributed by atoms with van der Waals surface area (Å²) >= 11 is 8.36. The third-order valence-corrected chi connectivity index (χ3v) is 10.6. The molecule has 0 aromatic carbocycles. The molecular formula is C20H23ClN2O5S3. The molecule has 7 nitrogen and oxygen atoms in total. The summed E-state index contributed by atoms with van der Waals surface area (Å²) in [4.78, 5) is 26.4. The van der Waals surface area contributed by atoms with E-state index < -0.39 is 16.0 Å². The number of methoxy groups -OCH3 is 1. The van der Waals surface area contributed by atoms with E-state index in [-0.39, 0.29) is 29.1 Å². The highest BCUT2D eigenvalue weighted by Crippen LogP contribution is 2.39. The predicted octanol–water partition coefficient (Wildman–Crippen LogP) is 4.17. The molecule has 1 amide bonds. The number of fused-ring (bicyclic) bond motifs is 1. The van der Waals surface area contributed by atoms with E-state index in [0.29, 0.717) is 27.7 Å². The molecule has 0 unspecified atom stereocenters. The van der Waals surface area contributed by atoms with Gasteiger partial charge in [-0.1, -0.05) is 11.6 Å². The standard InChI is InChI=1S/C20H23ClN2O5S3/c1-28-20(25)17-13-4-2-3-5-14(13)29-19(17)22-18(24)12-8-10-23(11-9-12)31(26,27)16-7-6-15(21)30-16/h6-7,12H,2-5,8-11H2,1H3,(H,22,24). The molecule has 0 atom stereocenters. The zero-order valence-corrected chi connectivity index (χ0v) is 20.2. The maximum absolute atomic E-state index is 12.9. The lowest BCUT2D eigenvalue weighted by Crippen LogP contribution is -2.41. The highest BCUT2D eigenvalue weighted by atomic mass is 35.5. The molecule has 1 fully saturated rings. The van der Waals surface area contributed by atoms with Crippen molar-refractivity contribution in [2.45, 2.75) is 42.7 Å². The van der Waals surface area contributed by atoms with Crippen LogP contribution in [0.4, 0.5) is 5.00 Å². The van der Waals surface area contributed by atoms with Crippen molar-refractivity contribution in [2.24, 2.45) is 5.92 Å². The molecular weight excluding hydrogens is 480 g/mol. The summed E-state index contributed by atoms with van der Waals surface area (Å²) in [5.41, 5.74) is 1.47. The number of nitrogens with zero attached hydrogens (tertiary/aromatic N) is 1. The fourth-order valence-electron chi connectivity index (χ4n) is 4.11. The van der Waals surface area contributed by atoms with Crippen LogP contribution in [0.5, 0.6) is 0 Å². The van der Waals surface area contributed by atoms with Crippen LogP contribution in [0.1, 0.15) is 46.5 Å². The van der Waals surface area contributed by atoms with Crippen LogP contribution < -0.4 is 5.32 Å². The molecule has 11 heteroatoms.